The van der Waals surface area contributed by atoms with Crippen LogP contribution in [0.25, 0.3) is 22.5 Å². The number of nitrogens with one attached hydrogen (secondary N) is 1. The van der Waals surface area contributed by atoms with Crippen LogP contribution in [0.4, 0.5) is 0 Å². The molecular weight excluding hydrogens is 376 g/mol. The first-order chi connectivity index (χ1) is 14.5. The molecule has 3 aromatic heterocycles. The van der Waals surface area contributed by atoms with E-state index in [0.717, 1.165) is 47.0 Å². The number of pyridine rings is 1. The van der Waals surface area contributed by atoms with Crippen molar-refractivity contribution in [2.75, 3.05) is 0 Å². The molecule has 3 heterocycles. The summed E-state index contributed by atoms with van der Waals surface area (Å²) in [6, 6.07) is 12.1. The molecule has 0 fully saturated rings. The van der Waals surface area contributed by atoms with Crippen LogP contribution in [0.15, 0.2) is 42.6 Å². The molecule has 0 amide bonds. The van der Waals surface area contributed by atoms with Gasteiger partial charge < -0.3 is 0 Å². The monoisotopic (exact) mass is 402 g/mol. The first-order valence-electron chi connectivity index (χ1n) is 10.2. The van der Waals surface area contributed by atoms with Crippen LogP contribution in [0.3, 0.4) is 0 Å². The number of tetrazole rings is 1. The summed E-state index contributed by atoms with van der Waals surface area (Å²) < 4.78 is 2.02. The molecule has 0 saturated carbocycles. The van der Waals surface area contributed by atoms with Crippen molar-refractivity contribution in [2.45, 2.75) is 52.5 Å². The number of aromatic amines is 1. The van der Waals surface area contributed by atoms with E-state index in [2.05, 4.69) is 54.4 Å². The van der Waals surface area contributed by atoms with Gasteiger partial charge >= 0.3 is 0 Å². The third-order valence-corrected chi connectivity index (χ3v) is 4.84. The van der Waals surface area contributed by atoms with Gasteiger partial charge in [0.1, 0.15) is 5.82 Å². The maximum absolute atomic E-state index is 4.81. The SMILES string of the molecule is CCCn1nc(C(C)(C)C)nc1Cc1ccc(-c2ccccc2-c2nn[nH]n2)cn1. The first kappa shape index (κ1) is 19.9. The van der Waals surface area contributed by atoms with E-state index < -0.39 is 0 Å². The second kappa shape index (κ2) is 8.14. The summed E-state index contributed by atoms with van der Waals surface area (Å²) in [5, 5.41) is 19.1. The third kappa shape index (κ3) is 4.12. The lowest BCUT2D eigenvalue weighted by Crippen LogP contribution is -2.14. The van der Waals surface area contributed by atoms with E-state index in [-0.39, 0.29) is 5.41 Å². The zero-order valence-corrected chi connectivity index (χ0v) is 17.8. The highest BCUT2D eigenvalue weighted by Gasteiger charge is 2.22. The van der Waals surface area contributed by atoms with Gasteiger partial charge in [-0.2, -0.15) is 10.3 Å². The van der Waals surface area contributed by atoms with E-state index in [1.54, 1.807) is 0 Å². The highest BCUT2D eigenvalue weighted by molar-refractivity contribution is 5.79. The Kier molecular flexibility index (Phi) is 5.39. The quantitative estimate of drug-likeness (QED) is 0.526. The molecular formula is C22H26N8. The van der Waals surface area contributed by atoms with E-state index >= 15 is 0 Å². The Labute approximate surface area is 175 Å². The minimum Gasteiger partial charge on any atom is -0.260 e. The zero-order chi connectivity index (χ0) is 21.1. The van der Waals surface area contributed by atoms with Gasteiger partial charge in [-0.25, -0.2) is 9.67 Å². The third-order valence-electron chi connectivity index (χ3n) is 4.84. The summed E-state index contributed by atoms with van der Waals surface area (Å²) >= 11 is 0. The average Bonchev–Trinajstić information content (AvgIpc) is 3.39. The summed E-state index contributed by atoms with van der Waals surface area (Å²) in [7, 11) is 0. The van der Waals surface area contributed by atoms with Crippen LogP contribution < -0.4 is 0 Å². The second-order valence-electron chi connectivity index (χ2n) is 8.32. The van der Waals surface area contributed by atoms with Crippen LogP contribution in [0, 0.1) is 0 Å². The van der Waals surface area contributed by atoms with Gasteiger partial charge in [0.05, 0.1) is 0 Å². The minimum atomic E-state index is -0.0795. The van der Waals surface area contributed by atoms with Gasteiger partial charge in [-0.05, 0) is 23.3 Å². The molecule has 0 unspecified atom stereocenters. The molecule has 4 rings (SSSR count). The summed E-state index contributed by atoms with van der Waals surface area (Å²) in [5.74, 6) is 2.39. The summed E-state index contributed by atoms with van der Waals surface area (Å²) in [4.78, 5) is 9.51. The van der Waals surface area contributed by atoms with Gasteiger partial charge in [-0.1, -0.05) is 58.0 Å². The fourth-order valence-electron chi connectivity index (χ4n) is 3.27. The molecule has 8 nitrogen and oxygen atoms in total. The number of H-pyrrole nitrogens is 1. The largest absolute Gasteiger partial charge is 0.260 e. The number of aromatic nitrogens is 8. The van der Waals surface area contributed by atoms with Gasteiger partial charge in [0.25, 0.3) is 0 Å². The zero-order valence-electron chi connectivity index (χ0n) is 17.8. The molecule has 0 aliphatic heterocycles. The maximum Gasteiger partial charge on any atom is 0.205 e. The van der Waals surface area contributed by atoms with E-state index in [0.29, 0.717) is 12.2 Å². The molecule has 154 valence electrons. The molecule has 0 atom stereocenters. The lowest BCUT2D eigenvalue weighted by molar-refractivity contribution is 0.518. The van der Waals surface area contributed by atoms with Crippen LogP contribution in [0.5, 0.6) is 0 Å². The van der Waals surface area contributed by atoms with Gasteiger partial charge in [0.15, 0.2) is 5.82 Å². The van der Waals surface area contributed by atoms with Crippen LogP contribution in [0.1, 0.15) is 51.5 Å². The summed E-state index contributed by atoms with van der Waals surface area (Å²) in [6.45, 7) is 9.41. The first-order valence-corrected chi connectivity index (χ1v) is 10.2. The van der Waals surface area contributed by atoms with Gasteiger partial charge in [0.2, 0.25) is 5.82 Å². The summed E-state index contributed by atoms with van der Waals surface area (Å²) in [5.41, 5.74) is 3.81. The number of nitrogens with zero attached hydrogens (tertiary/aromatic N) is 7. The Balaban J connectivity index is 1.61. The Hall–Kier alpha value is -3.42. The van der Waals surface area contributed by atoms with Gasteiger partial charge in [-0.15, -0.1) is 10.2 Å². The van der Waals surface area contributed by atoms with Crippen LogP contribution in [-0.2, 0) is 18.4 Å². The number of hydrogen-bond acceptors (Lipinski definition) is 6. The number of rotatable bonds is 6. The maximum atomic E-state index is 4.81. The topological polar surface area (TPSA) is 98.1 Å². The van der Waals surface area contributed by atoms with Crippen molar-refractivity contribution in [3.05, 3.63) is 59.9 Å². The van der Waals surface area contributed by atoms with Crippen molar-refractivity contribution >= 4 is 0 Å². The van der Waals surface area contributed by atoms with Crippen molar-refractivity contribution in [3.63, 3.8) is 0 Å². The number of aryl methyl sites for hydroxylation is 1. The predicted molar refractivity (Wildman–Crippen MR) is 115 cm³/mol. The summed E-state index contributed by atoms with van der Waals surface area (Å²) in [6.07, 6.45) is 3.55. The Morgan fingerprint density at radius 1 is 1.03 bits per heavy atom. The molecule has 0 saturated heterocycles. The van der Waals surface area contributed by atoms with Gasteiger partial charge in [0, 0.05) is 41.4 Å². The molecule has 30 heavy (non-hydrogen) atoms. The lowest BCUT2D eigenvalue weighted by atomic mass is 9.96. The Bertz CT molecular complexity index is 1110. The van der Waals surface area contributed by atoms with E-state index in [1.807, 2.05) is 41.2 Å². The molecule has 0 aliphatic carbocycles. The molecule has 1 N–H and O–H groups in total. The number of hydrogen-bond donors (Lipinski definition) is 1. The Morgan fingerprint density at radius 2 is 1.83 bits per heavy atom. The Morgan fingerprint density at radius 3 is 2.47 bits per heavy atom. The average molecular weight is 403 g/mol. The smallest absolute Gasteiger partial charge is 0.205 e. The minimum absolute atomic E-state index is 0.0795. The standard InChI is InChI=1S/C22H26N8/c1-5-12-30-19(24-21(27-30)22(2,3)4)13-16-11-10-15(14-23-16)17-8-6-7-9-18(17)20-25-28-29-26-20/h6-11,14H,5,12-13H2,1-4H3,(H,25,26,28,29). The van der Waals surface area contributed by atoms with E-state index in [1.165, 1.54) is 0 Å². The van der Waals surface area contributed by atoms with Gasteiger partial charge in [-0.3, -0.25) is 4.98 Å². The van der Waals surface area contributed by atoms with Crippen LogP contribution >= 0.6 is 0 Å². The lowest BCUT2D eigenvalue weighted by Gasteiger charge is -2.12. The van der Waals surface area contributed by atoms with Crippen LogP contribution in [-0.4, -0.2) is 40.4 Å². The van der Waals surface area contributed by atoms with Crippen molar-refractivity contribution in [1.29, 1.82) is 0 Å². The van der Waals surface area contributed by atoms with Crippen molar-refractivity contribution in [3.8, 4) is 22.5 Å². The van der Waals surface area contributed by atoms with Crippen molar-refractivity contribution < 1.29 is 0 Å². The molecule has 4 aromatic rings. The predicted octanol–water partition coefficient (Wildman–Crippen LogP) is 3.82. The second-order valence-corrected chi connectivity index (χ2v) is 8.32. The fourth-order valence-corrected chi connectivity index (χ4v) is 3.27. The molecule has 0 bridgehead atoms. The highest BCUT2D eigenvalue weighted by atomic mass is 15.5. The van der Waals surface area contributed by atoms with Crippen molar-refractivity contribution in [2.24, 2.45) is 0 Å². The molecule has 1 aromatic carbocycles. The fraction of sp³-hybridized carbons (Fsp3) is 0.364. The molecule has 0 aliphatic rings. The van der Waals surface area contributed by atoms with E-state index in [9.17, 15) is 0 Å². The van der Waals surface area contributed by atoms with Crippen LogP contribution in [0.2, 0.25) is 0 Å². The molecule has 0 radical (unpaired) electrons. The van der Waals surface area contributed by atoms with Crippen molar-refractivity contribution in [1.82, 2.24) is 40.4 Å². The van der Waals surface area contributed by atoms with E-state index in [4.69, 9.17) is 15.1 Å². The normalized spacial score (nSPS) is 11.7. The molecule has 8 heteroatoms. The number of benzene rings is 1. The molecule has 0 spiro atoms. The highest BCUT2D eigenvalue weighted by Crippen LogP contribution is 2.29.